The van der Waals surface area contributed by atoms with Crippen LogP contribution in [-0.2, 0) is 0 Å². The summed E-state index contributed by atoms with van der Waals surface area (Å²) in [6.45, 7) is 10.6. The van der Waals surface area contributed by atoms with Crippen LogP contribution in [0.5, 0.6) is 0 Å². The molecule has 0 saturated carbocycles. The van der Waals surface area contributed by atoms with Gasteiger partial charge in [-0.2, -0.15) is 0 Å². The largest absolute Gasteiger partial charge is 0.349 e. The number of nitrogens with zero attached hydrogens (tertiary/aromatic N) is 3. The van der Waals surface area contributed by atoms with E-state index >= 15 is 0 Å². The van der Waals surface area contributed by atoms with Crippen LogP contribution in [0.1, 0.15) is 5.82 Å². The van der Waals surface area contributed by atoms with E-state index in [0.29, 0.717) is 24.1 Å². The molecule has 0 saturated heterocycles. The Morgan fingerprint density at radius 1 is 1.33 bits per heavy atom. The van der Waals surface area contributed by atoms with Gasteiger partial charge in [-0.1, -0.05) is 23.8 Å². The monoisotopic (exact) mass is 223 g/mol. The molecule has 15 heavy (non-hydrogen) atoms. The summed E-state index contributed by atoms with van der Waals surface area (Å²) in [5, 5.41) is 0.454. The summed E-state index contributed by atoms with van der Waals surface area (Å²) in [7, 11) is 0. The normalized spacial score (nSPS) is 9.73. The summed E-state index contributed by atoms with van der Waals surface area (Å²) in [6.07, 6.45) is 3.63. The summed E-state index contributed by atoms with van der Waals surface area (Å²) in [6, 6.07) is 1.74. The van der Waals surface area contributed by atoms with Gasteiger partial charge < -0.3 is 4.90 Å². The minimum absolute atomic E-state index is 0.454. The van der Waals surface area contributed by atoms with Crippen molar-refractivity contribution in [2.75, 3.05) is 18.0 Å². The van der Waals surface area contributed by atoms with Crippen molar-refractivity contribution in [3.05, 3.63) is 42.4 Å². The van der Waals surface area contributed by atoms with Crippen molar-refractivity contribution in [3.8, 4) is 0 Å². The lowest BCUT2D eigenvalue weighted by Gasteiger charge is -2.20. The molecule has 0 radical (unpaired) electrons. The smallest absolute Gasteiger partial charge is 0.134 e. The Morgan fingerprint density at radius 3 is 2.40 bits per heavy atom. The van der Waals surface area contributed by atoms with Crippen molar-refractivity contribution >= 4 is 17.4 Å². The Bertz CT molecular complexity index is 333. The minimum Gasteiger partial charge on any atom is -0.349 e. The van der Waals surface area contributed by atoms with Gasteiger partial charge in [0.05, 0.1) is 0 Å². The average Bonchev–Trinajstić information content (AvgIpc) is 2.16. The predicted molar refractivity (Wildman–Crippen MR) is 64.4 cm³/mol. The van der Waals surface area contributed by atoms with Crippen LogP contribution in [0, 0.1) is 6.92 Å². The van der Waals surface area contributed by atoms with Gasteiger partial charge in [0.2, 0.25) is 0 Å². The van der Waals surface area contributed by atoms with E-state index in [0.717, 1.165) is 5.82 Å². The molecule has 0 bridgehead atoms. The summed E-state index contributed by atoms with van der Waals surface area (Å²) in [5.74, 6) is 1.46. The first-order chi connectivity index (χ1) is 7.17. The van der Waals surface area contributed by atoms with Gasteiger partial charge in [0.25, 0.3) is 0 Å². The number of aryl methyl sites for hydroxylation is 1. The molecule has 0 N–H and O–H groups in total. The van der Waals surface area contributed by atoms with Crippen molar-refractivity contribution in [2.24, 2.45) is 0 Å². The van der Waals surface area contributed by atoms with Gasteiger partial charge >= 0.3 is 0 Å². The van der Waals surface area contributed by atoms with Crippen LogP contribution < -0.4 is 4.90 Å². The molecule has 0 amide bonds. The average molecular weight is 224 g/mol. The quantitative estimate of drug-likeness (QED) is 0.568. The Morgan fingerprint density at radius 2 is 1.93 bits per heavy atom. The van der Waals surface area contributed by atoms with E-state index in [2.05, 4.69) is 23.1 Å². The molecular weight excluding hydrogens is 210 g/mol. The molecule has 1 rings (SSSR count). The number of rotatable bonds is 5. The fourth-order valence-corrected chi connectivity index (χ4v) is 1.47. The molecule has 1 aromatic rings. The molecule has 0 fully saturated rings. The lowest BCUT2D eigenvalue weighted by Crippen LogP contribution is -2.24. The van der Waals surface area contributed by atoms with Crippen LogP contribution in [0.3, 0.4) is 0 Å². The van der Waals surface area contributed by atoms with Crippen LogP contribution in [0.15, 0.2) is 31.4 Å². The van der Waals surface area contributed by atoms with Crippen LogP contribution in [0.2, 0.25) is 5.15 Å². The van der Waals surface area contributed by atoms with Gasteiger partial charge in [0.15, 0.2) is 0 Å². The number of hydrogen-bond donors (Lipinski definition) is 0. The van der Waals surface area contributed by atoms with Gasteiger partial charge in [-0.25, -0.2) is 9.97 Å². The van der Waals surface area contributed by atoms with Crippen molar-refractivity contribution in [1.82, 2.24) is 9.97 Å². The lowest BCUT2D eigenvalue weighted by molar-refractivity contribution is 0.902. The van der Waals surface area contributed by atoms with E-state index in [1.54, 1.807) is 6.07 Å². The van der Waals surface area contributed by atoms with E-state index in [-0.39, 0.29) is 0 Å². The third-order valence-electron chi connectivity index (χ3n) is 1.82. The fraction of sp³-hybridized carbons (Fsp3) is 0.273. The van der Waals surface area contributed by atoms with Crippen LogP contribution in [-0.4, -0.2) is 23.1 Å². The summed E-state index contributed by atoms with van der Waals surface area (Å²) in [4.78, 5) is 10.3. The Balaban J connectivity index is 2.98. The van der Waals surface area contributed by atoms with Crippen LogP contribution in [0.4, 0.5) is 5.82 Å². The van der Waals surface area contributed by atoms with E-state index in [9.17, 15) is 0 Å². The van der Waals surface area contributed by atoms with Gasteiger partial charge in [-0.3, -0.25) is 0 Å². The molecule has 80 valence electrons. The Kier molecular flexibility index (Phi) is 4.31. The van der Waals surface area contributed by atoms with E-state index in [1.807, 2.05) is 24.0 Å². The Labute approximate surface area is 95.1 Å². The molecule has 0 aliphatic heterocycles. The molecule has 3 nitrogen and oxygen atoms in total. The van der Waals surface area contributed by atoms with Gasteiger partial charge in [0, 0.05) is 19.2 Å². The predicted octanol–water partition coefficient (Wildman–Crippen LogP) is 2.62. The van der Waals surface area contributed by atoms with Crippen LogP contribution >= 0.6 is 11.6 Å². The third-order valence-corrected chi connectivity index (χ3v) is 2.01. The SMILES string of the molecule is C=CCN(CC=C)c1cc(Cl)nc(C)n1. The molecule has 1 heterocycles. The van der Waals surface area contributed by atoms with Crippen LogP contribution in [0.25, 0.3) is 0 Å². The molecule has 0 aromatic carbocycles. The van der Waals surface area contributed by atoms with Gasteiger partial charge in [-0.15, -0.1) is 13.2 Å². The molecule has 0 atom stereocenters. The van der Waals surface area contributed by atoms with Gasteiger partial charge in [-0.05, 0) is 6.92 Å². The van der Waals surface area contributed by atoms with Crippen molar-refractivity contribution in [2.45, 2.75) is 6.92 Å². The zero-order chi connectivity index (χ0) is 11.3. The summed E-state index contributed by atoms with van der Waals surface area (Å²) in [5.41, 5.74) is 0. The van der Waals surface area contributed by atoms with E-state index in [4.69, 9.17) is 11.6 Å². The first-order valence-electron chi connectivity index (χ1n) is 4.65. The molecule has 0 aliphatic rings. The second-order valence-electron chi connectivity index (χ2n) is 3.08. The van der Waals surface area contributed by atoms with E-state index in [1.165, 1.54) is 0 Å². The van der Waals surface area contributed by atoms with Crippen molar-refractivity contribution in [3.63, 3.8) is 0 Å². The molecular formula is C11H14ClN3. The second-order valence-corrected chi connectivity index (χ2v) is 3.47. The molecule has 4 heteroatoms. The number of aromatic nitrogens is 2. The first kappa shape index (κ1) is 11.7. The maximum atomic E-state index is 5.87. The highest BCUT2D eigenvalue weighted by Gasteiger charge is 2.06. The zero-order valence-corrected chi connectivity index (χ0v) is 9.54. The first-order valence-corrected chi connectivity index (χ1v) is 5.03. The summed E-state index contributed by atoms with van der Waals surface area (Å²) >= 11 is 5.87. The molecule has 0 unspecified atom stereocenters. The van der Waals surface area contributed by atoms with Gasteiger partial charge in [0.1, 0.15) is 16.8 Å². The standard InChI is InChI=1S/C11H14ClN3/c1-4-6-15(7-5-2)11-8-10(12)13-9(3)14-11/h4-5,8H,1-2,6-7H2,3H3. The highest BCUT2D eigenvalue weighted by molar-refractivity contribution is 6.29. The number of anilines is 1. The molecule has 0 spiro atoms. The maximum Gasteiger partial charge on any atom is 0.134 e. The maximum absolute atomic E-state index is 5.87. The van der Waals surface area contributed by atoms with E-state index < -0.39 is 0 Å². The highest BCUT2D eigenvalue weighted by atomic mass is 35.5. The lowest BCUT2D eigenvalue weighted by atomic mass is 10.4. The number of halogens is 1. The van der Waals surface area contributed by atoms with Crippen molar-refractivity contribution in [1.29, 1.82) is 0 Å². The van der Waals surface area contributed by atoms with Crippen molar-refractivity contribution < 1.29 is 0 Å². The zero-order valence-electron chi connectivity index (χ0n) is 8.78. The molecule has 0 aliphatic carbocycles. The highest BCUT2D eigenvalue weighted by Crippen LogP contribution is 2.15. The minimum atomic E-state index is 0.454. The fourth-order valence-electron chi connectivity index (χ4n) is 1.25. The topological polar surface area (TPSA) is 29.0 Å². The third kappa shape index (κ3) is 3.36. The number of hydrogen-bond acceptors (Lipinski definition) is 3. The second kappa shape index (κ2) is 5.51. The molecule has 1 aromatic heterocycles. The summed E-state index contributed by atoms with van der Waals surface area (Å²) < 4.78 is 0. The Hall–Kier alpha value is -1.35.